The fourth-order valence-corrected chi connectivity index (χ4v) is 3.99. The van der Waals surface area contributed by atoms with Crippen LogP contribution in [0.4, 0.5) is 5.82 Å². The van der Waals surface area contributed by atoms with E-state index >= 15 is 0 Å². The molecular weight excluding hydrogens is 352 g/mol. The second-order valence-electron chi connectivity index (χ2n) is 6.10. The fraction of sp³-hybridized carbons (Fsp3) is 0.278. The Morgan fingerprint density at radius 3 is 2.85 bits per heavy atom. The van der Waals surface area contributed by atoms with Crippen molar-refractivity contribution in [1.29, 1.82) is 0 Å². The number of ether oxygens (including phenoxy) is 1. The minimum Gasteiger partial charge on any atom is -0.489 e. The van der Waals surface area contributed by atoms with Crippen LogP contribution >= 0.6 is 11.8 Å². The number of H-pyrrole nitrogens is 1. The molecule has 1 unspecified atom stereocenters. The van der Waals surface area contributed by atoms with Gasteiger partial charge < -0.3 is 14.6 Å². The van der Waals surface area contributed by atoms with E-state index in [0.29, 0.717) is 18.2 Å². The zero-order valence-corrected chi connectivity index (χ0v) is 15.2. The summed E-state index contributed by atoms with van der Waals surface area (Å²) >= 11 is 1.58. The van der Waals surface area contributed by atoms with Crippen LogP contribution < -0.4 is 10.1 Å². The largest absolute Gasteiger partial charge is 0.489 e. The number of fused-ring (bicyclic) bond motifs is 1. The molecule has 26 heavy (non-hydrogen) atoms. The quantitative estimate of drug-likeness (QED) is 0.731. The molecule has 2 N–H and O–H groups in total. The van der Waals surface area contributed by atoms with Gasteiger partial charge in [-0.2, -0.15) is 5.10 Å². The summed E-state index contributed by atoms with van der Waals surface area (Å²) in [5, 5.41) is 13.7. The number of benzene rings is 1. The monoisotopic (exact) mass is 370 g/mol. The van der Waals surface area contributed by atoms with Gasteiger partial charge in [-0.05, 0) is 31.5 Å². The Bertz CT molecular complexity index is 913. The van der Waals surface area contributed by atoms with Crippen LogP contribution in [0.3, 0.4) is 0 Å². The molecule has 1 amide bonds. The lowest BCUT2D eigenvalue weighted by Gasteiger charge is -2.14. The van der Waals surface area contributed by atoms with E-state index in [9.17, 15) is 4.79 Å². The number of anilines is 1. The Balaban J connectivity index is 1.51. The summed E-state index contributed by atoms with van der Waals surface area (Å²) in [5.74, 6) is 2.59. The van der Waals surface area contributed by atoms with E-state index in [1.165, 1.54) is 0 Å². The molecule has 0 saturated heterocycles. The Morgan fingerprint density at radius 2 is 2.12 bits per heavy atom. The van der Waals surface area contributed by atoms with Crippen LogP contribution in [-0.4, -0.2) is 27.0 Å². The normalized spacial score (nSPS) is 16.7. The third-order valence-corrected chi connectivity index (χ3v) is 5.63. The number of nitrogens with one attached hydrogen (secondary N) is 2. The van der Waals surface area contributed by atoms with Gasteiger partial charge >= 0.3 is 0 Å². The fourth-order valence-electron chi connectivity index (χ4n) is 2.90. The molecule has 0 radical (unpaired) electrons. The number of aromatic amines is 1. The van der Waals surface area contributed by atoms with Gasteiger partial charge in [0.05, 0.1) is 28.5 Å². The standard InChI is InChI=1S/C18H18N4O3S/c1-10-15(11(2)25-22-10)8-24-13-5-3-12(4-6-13)17-14-7-19-21-18(14)20-16(23)9-26-17/h3-7,17H,8-9H2,1-2H3,(H2,19,20,21,23). The molecule has 4 rings (SSSR count). The van der Waals surface area contributed by atoms with Crippen molar-refractivity contribution in [3.8, 4) is 5.75 Å². The maximum absolute atomic E-state index is 11.8. The SMILES string of the molecule is Cc1noc(C)c1COc1ccc(C2SCC(=O)Nc3[nH]ncc32)cc1. The molecule has 3 heterocycles. The van der Waals surface area contributed by atoms with Crippen LogP contribution in [0.25, 0.3) is 0 Å². The predicted molar refractivity (Wildman–Crippen MR) is 98.3 cm³/mol. The molecule has 0 bridgehead atoms. The summed E-state index contributed by atoms with van der Waals surface area (Å²) in [5.41, 5.74) is 3.89. The number of hydrogen-bond acceptors (Lipinski definition) is 6. The van der Waals surface area contributed by atoms with Gasteiger partial charge in [0.15, 0.2) is 0 Å². The molecule has 0 fully saturated rings. The Labute approximate surface area is 154 Å². The number of amides is 1. The van der Waals surface area contributed by atoms with Gasteiger partial charge in [-0.1, -0.05) is 17.3 Å². The first-order chi connectivity index (χ1) is 12.6. The molecule has 134 valence electrons. The van der Waals surface area contributed by atoms with Crippen molar-refractivity contribution in [3.63, 3.8) is 0 Å². The number of thioether (sulfide) groups is 1. The Hall–Kier alpha value is -2.74. The molecule has 1 aliphatic rings. The second-order valence-corrected chi connectivity index (χ2v) is 7.19. The third kappa shape index (κ3) is 3.20. The van der Waals surface area contributed by atoms with Gasteiger partial charge in [0.1, 0.15) is 23.9 Å². The van der Waals surface area contributed by atoms with E-state index in [4.69, 9.17) is 9.26 Å². The summed E-state index contributed by atoms with van der Waals surface area (Å²) < 4.78 is 11.0. The van der Waals surface area contributed by atoms with Gasteiger partial charge in [0, 0.05) is 5.56 Å². The lowest BCUT2D eigenvalue weighted by atomic mass is 10.1. The van der Waals surface area contributed by atoms with E-state index in [0.717, 1.165) is 33.9 Å². The van der Waals surface area contributed by atoms with Crippen molar-refractivity contribution in [2.75, 3.05) is 11.1 Å². The summed E-state index contributed by atoms with van der Waals surface area (Å²) in [6, 6.07) is 7.92. The zero-order valence-electron chi connectivity index (χ0n) is 14.4. The lowest BCUT2D eigenvalue weighted by molar-refractivity contribution is -0.113. The van der Waals surface area contributed by atoms with Gasteiger partial charge in [-0.15, -0.1) is 11.8 Å². The molecule has 0 saturated carbocycles. The third-order valence-electron chi connectivity index (χ3n) is 4.34. The van der Waals surface area contributed by atoms with Crippen molar-refractivity contribution in [2.45, 2.75) is 25.7 Å². The number of carbonyl (C=O) groups excluding carboxylic acids is 1. The predicted octanol–water partition coefficient (Wildman–Crippen LogP) is 3.37. The van der Waals surface area contributed by atoms with Crippen LogP contribution in [0.2, 0.25) is 0 Å². The average molecular weight is 370 g/mol. The van der Waals surface area contributed by atoms with Crippen LogP contribution in [-0.2, 0) is 11.4 Å². The van der Waals surface area contributed by atoms with Crippen molar-refractivity contribution in [3.05, 3.63) is 58.6 Å². The average Bonchev–Trinajstić information content (AvgIpc) is 3.17. The van der Waals surface area contributed by atoms with Crippen molar-refractivity contribution in [2.24, 2.45) is 0 Å². The van der Waals surface area contributed by atoms with Crippen molar-refractivity contribution in [1.82, 2.24) is 15.4 Å². The number of aryl methyl sites for hydroxylation is 2. The highest BCUT2D eigenvalue weighted by atomic mass is 32.2. The highest BCUT2D eigenvalue weighted by molar-refractivity contribution is 8.00. The Morgan fingerprint density at radius 1 is 1.31 bits per heavy atom. The summed E-state index contributed by atoms with van der Waals surface area (Å²) in [4.78, 5) is 11.8. The van der Waals surface area contributed by atoms with E-state index in [2.05, 4.69) is 20.7 Å². The topological polar surface area (TPSA) is 93.0 Å². The van der Waals surface area contributed by atoms with Gasteiger partial charge in [-0.25, -0.2) is 0 Å². The molecule has 1 aliphatic heterocycles. The first-order valence-electron chi connectivity index (χ1n) is 8.21. The molecule has 7 nitrogen and oxygen atoms in total. The number of hydrogen-bond donors (Lipinski definition) is 2. The lowest BCUT2D eigenvalue weighted by Crippen LogP contribution is -2.12. The van der Waals surface area contributed by atoms with Gasteiger partial charge in [0.25, 0.3) is 0 Å². The van der Waals surface area contributed by atoms with Crippen LogP contribution in [0.15, 0.2) is 35.0 Å². The molecule has 3 aromatic rings. The van der Waals surface area contributed by atoms with E-state index in [1.54, 1.807) is 18.0 Å². The van der Waals surface area contributed by atoms with Gasteiger partial charge in [-0.3, -0.25) is 9.89 Å². The molecule has 0 spiro atoms. The molecule has 0 aliphatic carbocycles. The highest BCUT2D eigenvalue weighted by Crippen LogP contribution is 2.40. The summed E-state index contributed by atoms with van der Waals surface area (Å²) in [6.07, 6.45) is 1.76. The first kappa shape index (κ1) is 16.7. The molecule has 2 aromatic heterocycles. The molecule has 1 aromatic carbocycles. The number of carbonyl (C=O) groups is 1. The minimum atomic E-state index is -0.0255. The maximum atomic E-state index is 11.8. The zero-order chi connectivity index (χ0) is 18.1. The summed E-state index contributed by atoms with van der Waals surface area (Å²) in [6.45, 7) is 4.20. The summed E-state index contributed by atoms with van der Waals surface area (Å²) in [7, 11) is 0. The minimum absolute atomic E-state index is 0.0255. The molecule has 8 heteroatoms. The number of nitrogens with zero attached hydrogens (tertiary/aromatic N) is 2. The van der Waals surface area contributed by atoms with Crippen LogP contribution in [0, 0.1) is 13.8 Å². The first-order valence-corrected chi connectivity index (χ1v) is 9.26. The van der Waals surface area contributed by atoms with Crippen molar-refractivity contribution < 1.29 is 14.1 Å². The van der Waals surface area contributed by atoms with E-state index in [1.807, 2.05) is 38.1 Å². The van der Waals surface area contributed by atoms with E-state index < -0.39 is 0 Å². The van der Waals surface area contributed by atoms with E-state index in [-0.39, 0.29) is 11.2 Å². The highest BCUT2D eigenvalue weighted by Gasteiger charge is 2.25. The van der Waals surface area contributed by atoms with Crippen LogP contribution in [0.1, 0.15) is 33.4 Å². The smallest absolute Gasteiger partial charge is 0.235 e. The number of aromatic nitrogens is 3. The van der Waals surface area contributed by atoms with Crippen molar-refractivity contribution >= 4 is 23.5 Å². The Kier molecular flexibility index (Phi) is 4.42. The van der Waals surface area contributed by atoms with Gasteiger partial charge in [0.2, 0.25) is 5.91 Å². The molecular formula is C18H18N4O3S. The molecule has 1 atom stereocenters. The second kappa shape index (κ2) is 6.87. The van der Waals surface area contributed by atoms with Crippen LogP contribution in [0.5, 0.6) is 5.75 Å². The maximum Gasteiger partial charge on any atom is 0.235 e. The number of rotatable bonds is 4.